The van der Waals surface area contributed by atoms with E-state index in [0.717, 1.165) is 31.1 Å². The molecule has 0 aliphatic carbocycles. The zero-order valence-electron chi connectivity index (χ0n) is 12.6. The molecule has 0 unspecified atom stereocenters. The molecule has 0 saturated carbocycles. The highest BCUT2D eigenvalue weighted by molar-refractivity contribution is 7.99. The quantitative estimate of drug-likeness (QED) is 0.690. The van der Waals surface area contributed by atoms with E-state index in [1.165, 1.54) is 11.1 Å². The zero-order valence-corrected chi connectivity index (χ0v) is 13.4. The molecule has 1 fully saturated rings. The van der Waals surface area contributed by atoms with E-state index in [2.05, 4.69) is 33.2 Å². The van der Waals surface area contributed by atoms with Crippen LogP contribution in [-0.4, -0.2) is 45.2 Å². The Hall–Kier alpha value is -1.95. The van der Waals surface area contributed by atoms with Crippen LogP contribution in [0.15, 0.2) is 47.7 Å². The minimum absolute atomic E-state index is 0.618. The minimum atomic E-state index is 0.618. The Morgan fingerprint density at radius 1 is 1.18 bits per heavy atom. The standard InChI is InChI=1S/C16H21N5S/c17-16(20-8-10-22-11-9-20)18-12-14-4-1-2-5-15(14)13-21-7-3-6-19-21/h1-7H,8-13H2,(H2,17,18). The maximum atomic E-state index is 6.13. The summed E-state index contributed by atoms with van der Waals surface area (Å²) in [6.07, 6.45) is 3.77. The van der Waals surface area contributed by atoms with Crippen molar-refractivity contribution in [1.29, 1.82) is 0 Å². The smallest absolute Gasteiger partial charge is 0.191 e. The van der Waals surface area contributed by atoms with Gasteiger partial charge in [0, 0.05) is 37.0 Å². The number of aromatic nitrogens is 2. The molecular weight excluding hydrogens is 294 g/mol. The number of thioether (sulfide) groups is 1. The molecule has 1 aliphatic heterocycles. The highest BCUT2D eigenvalue weighted by atomic mass is 32.2. The van der Waals surface area contributed by atoms with E-state index in [1.807, 2.05) is 34.8 Å². The molecule has 5 nitrogen and oxygen atoms in total. The summed E-state index contributed by atoms with van der Waals surface area (Å²) in [7, 11) is 0. The van der Waals surface area contributed by atoms with Crippen LogP contribution in [0.2, 0.25) is 0 Å². The third-order valence-electron chi connectivity index (χ3n) is 3.76. The lowest BCUT2D eigenvalue weighted by Crippen LogP contribution is -2.42. The number of rotatable bonds is 4. The molecule has 1 saturated heterocycles. The summed E-state index contributed by atoms with van der Waals surface area (Å²) < 4.78 is 1.92. The van der Waals surface area contributed by atoms with Crippen LogP contribution in [0.3, 0.4) is 0 Å². The summed E-state index contributed by atoms with van der Waals surface area (Å²) in [4.78, 5) is 6.76. The highest BCUT2D eigenvalue weighted by Gasteiger charge is 2.12. The van der Waals surface area contributed by atoms with Crippen molar-refractivity contribution in [2.24, 2.45) is 10.7 Å². The predicted molar refractivity (Wildman–Crippen MR) is 92.0 cm³/mol. The SMILES string of the molecule is NC(=NCc1ccccc1Cn1cccn1)N1CCSCC1. The van der Waals surface area contributed by atoms with Gasteiger partial charge in [-0.3, -0.25) is 4.68 Å². The molecule has 2 heterocycles. The van der Waals surface area contributed by atoms with Crippen LogP contribution in [0.5, 0.6) is 0 Å². The molecule has 2 aromatic rings. The van der Waals surface area contributed by atoms with Gasteiger partial charge in [0.1, 0.15) is 0 Å². The molecule has 6 heteroatoms. The van der Waals surface area contributed by atoms with Crippen molar-refractivity contribution in [1.82, 2.24) is 14.7 Å². The van der Waals surface area contributed by atoms with Crippen LogP contribution in [-0.2, 0) is 13.1 Å². The van der Waals surface area contributed by atoms with Crippen LogP contribution >= 0.6 is 11.8 Å². The second-order valence-corrected chi connectivity index (χ2v) is 6.47. The van der Waals surface area contributed by atoms with Gasteiger partial charge < -0.3 is 10.6 Å². The summed E-state index contributed by atoms with van der Waals surface area (Å²) in [5, 5.41) is 4.27. The second-order valence-electron chi connectivity index (χ2n) is 5.25. The van der Waals surface area contributed by atoms with E-state index in [4.69, 9.17) is 5.73 Å². The highest BCUT2D eigenvalue weighted by Crippen LogP contribution is 2.13. The number of benzene rings is 1. The first kappa shape index (κ1) is 15.0. The molecule has 1 aromatic heterocycles. The summed E-state index contributed by atoms with van der Waals surface area (Å²) in [5.41, 5.74) is 8.57. The van der Waals surface area contributed by atoms with Gasteiger partial charge >= 0.3 is 0 Å². The summed E-state index contributed by atoms with van der Waals surface area (Å²) in [6.45, 7) is 3.37. The predicted octanol–water partition coefficient (Wildman–Crippen LogP) is 1.79. The Labute approximate surface area is 135 Å². The van der Waals surface area contributed by atoms with Crippen LogP contribution in [0.25, 0.3) is 0 Å². The molecule has 0 spiro atoms. The van der Waals surface area contributed by atoms with Gasteiger partial charge in [-0.1, -0.05) is 24.3 Å². The van der Waals surface area contributed by atoms with Crippen molar-refractivity contribution in [3.63, 3.8) is 0 Å². The third kappa shape index (κ3) is 3.82. The first-order valence-corrected chi connectivity index (χ1v) is 8.65. The number of aliphatic imine (C=N–C) groups is 1. The van der Waals surface area contributed by atoms with Gasteiger partial charge in [-0.25, -0.2) is 4.99 Å². The van der Waals surface area contributed by atoms with E-state index in [0.29, 0.717) is 12.5 Å². The van der Waals surface area contributed by atoms with Gasteiger partial charge in [-0.2, -0.15) is 16.9 Å². The van der Waals surface area contributed by atoms with E-state index >= 15 is 0 Å². The number of nitrogens with zero attached hydrogens (tertiary/aromatic N) is 4. The maximum absolute atomic E-state index is 6.13. The Morgan fingerprint density at radius 3 is 2.68 bits per heavy atom. The van der Waals surface area contributed by atoms with Crippen molar-refractivity contribution in [2.45, 2.75) is 13.1 Å². The van der Waals surface area contributed by atoms with Crippen LogP contribution in [0.1, 0.15) is 11.1 Å². The van der Waals surface area contributed by atoms with Crippen molar-refractivity contribution >= 4 is 17.7 Å². The molecule has 2 N–H and O–H groups in total. The molecule has 1 aromatic carbocycles. The van der Waals surface area contributed by atoms with E-state index in [9.17, 15) is 0 Å². The number of guanidine groups is 1. The monoisotopic (exact) mass is 315 g/mol. The van der Waals surface area contributed by atoms with Gasteiger partial charge in [0.15, 0.2) is 5.96 Å². The number of hydrogen-bond acceptors (Lipinski definition) is 3. The van der Waals surface area contributed by atoms with E-state index in [1.54, 1.807) is 6.20 Å². The molecule has 3 rings (SSSR count). The zero-order chi connectivity index (χ0) is 15.2. The molecule has 0 atom stereocenters. The maximum Gasteiger partial charge on any atom is 0.191 e. The van der Waals surface area contributed by atoms with Gasteiger partial charge in [0.25, 0.3) is 0 Å². The first-order valence-electron chi connectivity index (χ1n) is 7.50. The van der Waals surface area contributed by atoms with Gasteiger partial charge in [-0.05, 0) is 17.2 Å². The van der Waals surface area contributed by atoms with E-state index in [-0.39, 0.29) is 0 Å². The topological polar surface area (TPSA) is 59.4 Å². The summed E-state index contributed by atoms with van der Waals surface area (Å²) in [5.74, 6) is 2.92. The average Bonchev–Trinajstić information content (AvgIpc) is 3.07. The molecular formula is C16H21N5S. The van der Waals surface area contributed by atoms with Crippen molar-refractivity contribution in [3.05, 3.63) is 53.9 Å². The number of hydrogen-bond donors (Lipinski definition) is 1. The van der Waals surface area contributed by atoms with Crippen LogP contribution < -0.4 is 5.73 Å². The van der Waals surface area contributed by atoms with Gasteiger partial charge in [0.05, 0.1) is 13.1 Å². The van der Waals surface area contributed by atoms with Crippen molar-refractivity contribution < 1.29 is 0 Å². The van der Waals surface area contributed by atoms with E-state index < -0.39 is 0 Å². The Balaban J connectivity index is 1.69. The van der Waals surface area contributed by atoms with Gasteiger partial charge in [0.2, 0.25) is 0 Å². The van der Waals surface area contributed by atoms with Gasteiger partial charge in [-0.15, -0.1) is 0 Å². The lowest BCUT2D eigenvalue weighted by atomic mass is 10.1. The normalized spacial score (nSPS) is 16.0. The number of nitrogens with two attached hydrogens (primary N) is 1. The fourth-order valence-electron chi connectivity index (χ4n) is 2.49. The average molecular weight is 315 g/mol. The largest absolute Gasteiger partial charge is 0.370 e. The molecule has 1 aliphatic rings. The van der Waals surface area contributed by atoms with Crippen molar-refractivity contribution in [3.8, 4) is 0 Å². The molecule has 0 bridgehead atoms. The summed E-state index contributed by atoms with van der Waals surface area (Å²) >= 11 is 1.97. The molecule has 0 radical (unpaired) electrons. The Bertz CT molecular complexity index is 617. The lowest BCUT2D eigenvalue weighted by Gasteiger charge is -2.27. The Morgan fingerprint density at radius 2 is 1.95 bits per heavy atom. The summed E-state index contributed by atoms with van der Waals surface area (Å²) in [6, 6.07) is 10.3. The molecule has 116 valence electrons. The minimum Gasteiger partial charge on any atom is -0.370 e. The van der Waals surface area contributed by atoms with Crippen molar-refractivity contribution in [2.75, 3.05) is 24.6 Å². The lowest BCUT2D eigenvalue weighted by molar-refractivity contribution is 0.455. The second kappa shape index (κ2) is 7.35. The van der Waals surface area contributed by atoms with Crippen LogP contribution in [0, 0.1) is 0 Å². The molecule has 0 amide bonds. The fourth-order valence-corrected chi connectivity index (χ4v) is 3.40. The first-order chi connectivity index (χ1) is 10.8. The van der Waals surface area contributed by atoms with Crippen LogP contribution in [0.4, 0.5) is 0 Å². The Kier molecular flexibility index (Phi) is 5.00. The molecule has 22 heavy (non-hydrogen) atoms. The third-order valence-corrected chi connectivity index (χ3v) is 4.70. The fraction of sp³-hybridized carbons (Fsp3) is 0.375.